The van der Waals surface area contributed by atoms with Gasteiger partial charge < -0.3 is 0 Å². The van der Waals surface area contributed by atoms with Crippen LogP contribution < -0.4 is 0 Å². The van der Waals surface area contributed by atoms with Gasteiger partial charge in [0.15, 0.2) is 0 Å². The van der Waals surface area contributed by atoms with Crippen LogP contribution in [0.1, 0.15) is 31.8 Å². The summed E-state index contributed by atoms with van der Waals surface area (Å²) in [7, 11) is 0. The molecule has 1 aromatic carbocycles. The van der Waals surface area contributed by atoms with Gasteiger partial charge in [0.2, 0.25) is 0 Å². The Kier molecular flexibility index (Phi) is 4.00. The summed E-state index contributed by atoms with van der Waals surface area (Å²) in [6.45, 7) is 5.82. The minimum atomic E-state index is -0.325. The van der Waals surface area contributed by atoms with Crippen molar-refractivity contribution in [2.75, 3.05) is 0 Å². The third-order valence-corrected chi connectivity index (χ3v) is 5.13. The van der Waals surface area contributed by atoms with Crippen LogP contribution in [0.25, 0.3) is 0 Å². The van der Waals surface area contributed by atoms with Gasteiger partial charge in [-0.15, -0.1) is 22.9 Å². The van der Waals surface area contributed by atoms with Crippen LogP contribution >= 0.6 is 34.5 Å². The van der Waals surface area contributed by atoms with Crippen LogP contribution in [0, 0.1) is 26.6 Å². The SMILES string of the molecule is Cc1cc(C(Cl)c2cc(C)c(C)s2)c(Cl)cc1F. The van der Waals surface area contributed by atoms with Crippen molar-refractivity contribution in [3.63, 3.8) is 0 Å². The van der Waals surface area contributed by atoms with Crippen LogP contribution in [-0.4, -0.2) is 0 Å². The molecule has 96 valence electrons. The third kappa shape index (κ3) is 2.56. The lowest BCUT2D eigenvalue weighted by Gasteiger charge is -2.11. The number of benzene rings is 1. The lowest BCUT2D eigenvalue weighted by Crippen LogP contribution is -1.95. The smallest absolute Gasteiger partial charge is 0.127 e. The summed E-state index contributed by atoms with van der Waals surface area (Å²) in [6.07, 6.45) is 0. The highest BCUT2D eigenvalue weighted by molar-refractivity contribution is 7.12. The molecule has 0 saturated carbocycles. The maximum atomic E-state index is 13.4. The molecule has 0 nitrogen and oxygen atoms in total. The second-order valence-electron chi connectivity index (χ2n) is 4.37. The monoisotopic (exact) mass is 302 g/mol. The van der Waals surface area contributed by atoms with Crippen LogP contribution in [0.3, 0.4) is 0 Å². The summed E-state index contributed by atoms with van der Waals surface area (Å²) in [4.78, 5) is 2.28. The van der Waals surface area contributed by atoms with Crippen LogP contribution in [-0.2, 0) is 0 Å². The Morgan fingerprint density at radius 2 is 1.78 bits per heavy atom. The molecule has 0 aliphatic heterocycles. The molecule has 2 aromatic rings. The molecule has 0 N–H and O–H groups in total. The normalized spacial score (nSPS) is 12.8. The van der Waals surface area contributed by atoms with E-state index in [1.165, 1.54) is 16.5 Å². The summed E-state index contributed by atoms with van der Waals surface area (Å²) in [5.74, 6) is -0.300. The van der Waals surface area contributed by atoms with E-state index in [1.807, 2.05) is 0 Å². The van der Waals surface area contributed by atoms with Crippen molar-refractivity contribution >= 4 is 34.5 Å². The molecule has 1 atom stereocenters. The van der Waals surface area contributed by atoms with Crippen molar-refractivity contribution in [3.05, 3.63) is 55.5 Å². The minimum absolute atomic E-state index is 0.300. The van der Waals surface area contributed by atoms with Crippen LogP contribution in [0.2, 0.25) is 5.02 Å². The summed E-state index contributed by atoms with van der Waals surface area (Å²) >= 11 is 14.2. The van der Waals surface area contributed by atoms with E-state index in [1.54, 1.807) is 24.3 Å². The topological polar surface area (TPSA) is 0 Å². The van der Waals surface area contributed by atoms with Crippen LogP contribution in [0.5, 0.6) is 0 Å². The highest BCUT2D eigenvalue weighted by Crippen LogP contribution is 2.39. The molecule has 1 unspecified atom stereocenters. The van der Waals surface area contributed by atoms with E-state index in [0.29, 0.717) is 10.6 Å². The Morgan fingerprint density at radius 1 is 1.11 bits per heavy atom. The van der Waals surface area contributed by atoms with Crippen molar-refractivity contribution < 1.29 is 4.39 Å². The Hall–Kier alpha value is -0.570. The molecule has 1 heterocycles. The average molecular weight is 303 g/mol. The molecule has 0 fully saturated rings. The first-order valence-corrected chi connectivity index (χ1v) is 7.19. The molecule has 0 radical (unpaired) electrons. The minimum Gasteiger partial charge on any atom is -0.207 e. The predicted octanol–water partition coefficient (Wildman–Crippen LogP) is 5.79. The lowest BCUT2D eigenvalue weighted by atomic mass is 10.1. The van der Waals surface area contributed by atoms with Crippen molar-refractivity contribution in [1.82, 2.24) is 0 Å². The van der Waals surface area contributed by atoms with Gasteiger partial charge >= 0.3 is 0 Å². The zero-order chi connectivity index (χ0) is 13.4. The third-order valence-electron chi connectivity index (χ3n) is 2.99. The largest absolute Gasteiger partial charge is 0.207 e. The molecule has 1 aromatic heterocycles. The van der Waals surface area contributed by atoms with E-state index >= 15 is 0 Å². The predicted molar refractivity (Wildman–Crippen MR) is 77.6 cm³/mol. The van der Waals surface area contributed by atoms with Gasteiger partial charge in [-0.3, -0.25) is 0 Å². The van der Waals surface area contributed by atoms with Crippen molar-refractivity contribution in [1.29, 1.82) is 0 Å². The van der Waals surface area contributed by atoms with Crippen molar-refractivity contribution in [2.24, 2.45) is 0 Å². The quantitative estimate of drug-likeness (QED) is 0.616. The Bertz CT molecular complexity index is 570. The van der Waals surface area contributed by atoms with Crippen molar-refractivity contribution in [3.8, 4) is 0 Å². The highest BCUT2D eigenvalue weighted by Gasteiger charge is 2.18. The first kappa shape index (κ1) is 13.9. The van der Waals surface area contributed by atoms with Gasteiger partial charge in [-0.05, 0) is 55.7 Å². The molecule has 0 bridgehead atoms. The average Bonchev–Trinajstić information content (AvgIpc) is 2.63. The Balaban J connectivity index is 2.45. The molecule has 0 aliphatic rings. The van der Waals surface area contributed by atoms with Gasteiger partial charge in [0.1, 0.15) is 5.82 Å². The van der Waals surface area contributed by atoms with Crippen molar-refractivity contribution in [2.45, 2.75) is 26.1 Å². The summed E-state index contributed by atoms with van der Waals surface area (Å²) < 4.78 is 13.4. The fourth-order valence-corrected chi connectivity index (χ4v) is 3.49. The molecule has 0 spiro atoms. The summed E-state index contributed by atoms with van der Waals surface area (Å²) in [5, 5.41) is 0.0519. The van der Waals surface area contributed by atoms with Crippen LogP contribution in [0.15, 0.2) is 18.2 Å². The zero-order valence-corrected chi connectivity index (χ0v) is 12.7. The Labute approximate surface area is 120 Å². The number of halogens is 3. The zero-order valence-electron chi connectivity index (χ0n) is 10.4. The van der Waals surface area contributed by atoms with E-state index in [9.17, 15) is 4.39 Å². The van der Waals surface area contributed by atoms with E-state index in [0.717, 1.165) is 10.4 Å². The number of thiophene rings is 1. The summed E-state index contributed by atoms with van der Waals surface area (Å²) in [6, 6.07) is 5.11. The fraction of sp³-hybridized carbons (Fsp3) is 0.286. The standard InChI is InChI=1S/C14H13Cl2FS/c1-7-5-13(18-9(7)3)14(16)10-4-8(2)12(17)6-11(10)15/h4-6,14H,1-3H3. The molecule has 2 rings (SSSR count). The summed E-state index contributed by atoms with van der Waals surface area (Å²) in [5.41, 5.74) is 2.54. The van der Waals surface area contributed by atoms with Gasteiger partial charge in [-0.2, -0.15) is 0 Å². The van der Waals surface area contributed by atoms with Gasteiger partial charge in [0, 0.05) is 14.8 Å². The first-order chi connectivity index (χ1) is 8.40. The molecule has 0 aliphatic carbocycles. The molecular formula is C14H13Cl2FS. The van der Waals surface area contributed by atoms with E-state index in [4.69, 9.17) is 23.2 Å². The van der Waals surface area contributed by atoms with Gasteiger partial charge in [-0.25, -0.2) is 4.39 Å². The van der Waals surface area contributed by atoms with E-state index in [-0.39, 0.29) is 11.2 Å². The molecule has 0 saturated heterocycles. The van der Waals surface area contributed by atoms with E-state index in [2.05, 4.69) is 19.9 Å². The molecule has 0 amide bonds. The number of hydrogen-bond donors (Lipinski definition) is 0. The maximum Gasteiger partial charge on any atom is 0.127 e. The molecule has 4 heteroatoms. The highest BCUT2D eigenvalue weighted by atomic mass is 35.5. The van der Waals surface area contributed by atoms with Gasteiger partial charge in [-0.1, -0.05) is 11.6 Å². The van der Waals surface area contributed by atoms with Gasteiger partial charge in [0.25, 0.3) is 0 Å². The van der Waals surface area contributed by atoms with E-state index < -0.39 is 0 Å². The first-order valence-electron chi connectivity index (χ1n) is 5.56. The number of rotatable bonds is 2. The molecular weight excluding hydrogens is 290 g/mol. The fourth-order valence-electron chi connectivity index (χ4n) is 1.75. The maximum absolute atomic E-state index is 13.4. The second-order valence-corrected chi connectivity index (χ2v) is 6.50. The Morgan fingerprint density at radius 3 is 2.33 bits per heavy atom. The lowest BCUT2D eigenvalue weighted by molar-refractivity contribution is 0.618. The number of aryl methyl sites for hydroxylation is 3. The van der Waals surface area contributed by atoms with Gasteiger partial charge in [0.05, 0.1) is 5.38 Å². The number of alkyl halides is 1. The molecule has 18 heavy (non-hydrogen) atoms. The second kappa shape index (κ2) is 5.20. The number of hydrogen-bond acceptors (Lipinski definition) is 1. The van der Waals surface area contributed by atoms with Crippen LogP contribution in [0.4, 0.5) is 4.39 Å².